The molecule has 0 saturated carbocycles. The Hall–Kier alpha value is -1.57. The highest BCUT2D eigenvalue weighted by Gasteiger charge is 2.51. The smallest absolute Gasteiger partial charge is 0.119 e. The molecule has 1 fully saturated rings. The Labute approximate surface area is 107 Å². The van der Waals surface area contributed by atoms with Gasteiger partial charge in [0.1, 0.15) is 16.8 Å². The molecule has 0 amide bonds. The molecule has 4 heteroatoms. The summed E-state index contributed by atoms with van der Waals surface area (Å²) in [5, 5.41) is 20.2. The fourth-order valence-electron chi connectivity index (χ4n) is 2.35. The zero-order valence-electron chi connectivity index (χ0n) is 10.6. The fraction of sp³-hybridized carbons (Fsp3) is 0.500. The van der Waals surface area contributed by atoms with Crippen molar-refractivity contribution in [2.24, 2.45) is 5.41 Å². The van der Waals surface area contributed by atoms with Crippen LogP contribution in [0.15, 0.2) is 24.3 Å². The van der Waals surface area contributed by atoms with Gasteiger partial charge >= 0.3 is 0 Å². The van der Waals surface area contributed by atoms with Gasteiger partial charge in [0.2, 0.25) is 0 Å². The minimum atomic E-state index is -1.26. The third-order valence-electron chi connectivity index (χ3n) is 3.80. The number of aliphatic hydroxyl groups is 1. The Balaban J connectivity index is 2.43. The Bertz CT molecular complexity index is 470. The van der Waals surface area contributed by atoms with Crippen molar-refractivity contribution in [2.45, 2.75) is 18.9 Å². The molecule has 1 saturated heterocycles. The standard InChI is InChI=1S/C14H17NO3/c1-13(16,14(9-15)6-7-18-10-14)11-4-3-5-12(8-11)17-2/h3-5,8,16H,6-7,10H2,1-2H3. The van der Waals surface area contributed by atoms with Crippen molar-refractivity contribution in [3.8, 4) is 11.8 Å². The predicted molar refractivity (Wildman–Crippen MR) is 66.0 cm³/mol. The van der Waals surface area contributed by atoms with E-state index >= 15 is 0 Å². The van der Waals surface area contributed by atoms with E-state index in [0.717, 1.165) is 0 Å². The first kappa shape index (κ1) is 12.9. The number of rotatable bonds is 3. The quantitative estimate of drug-likeness (QED) is 0.885. The molecule has 0 aromatic heterocycles. The minimum absolute atomic E-state index is 0.258. The number of nitriles is 1. The van der Waals surface area contributed by atoms with Crippen LogP contribution in [-0.2, 0) is 10.3 Å². The minimum Gasteiger partial charge on any atom is -0.497 e. The Kier molecular flexibility index (Phi) is 3.29. The Morgan fingerprint density at radius 2 is 2.33 bits per heavy atom. The maximum Gasteiger partial charge on any atom is 0.119 e. The van der Waals surface area contributed by atoms with Crippen molar-refractivity contribution in [1.82, 2.24) is 0 Å². The van der Waals surface area contributed by atoms with Crippen molar-refractivity contribution in [2.75, 3.05) is 20.3 Å². The van der Waals surface area contributed by atoms with Crippen LogP contribution >= 0.6 is 0 Å². The summed E-state index contributed by atoms with van der Waals surface area (Å²) in [6, 6.07) is 9.42. The maximum atomic E-state index is 10.8. The van der Waals surface area contributed by atoms with E-state index in [1.54, 1.807) is 26.2 Å². The van der Waals surface area contributed by atoms with E-state index in [1.807, 2.05) is 12.1 Å². The summed E-state index contributed by atoms with van der Waals surface area (Å²) in [6.45, 7) is 2.43. The maximum absolute atomic E-state index is 10.8. The first-order chi connectivity index (χ1) is 8.55. The van der Waals surface area contributed by atoms with Gasteiger partial charge < -0.3 is 14.6 Å². The lowest BCUT2D eigenvalue weighted by Crippen LogP contribution is -2.43. The number of hydrogen-bond acceptors (Lipinski definition) is 4. The Morgan fingerprint density at radius 1 is 1.56 bits per heavy atom. The highest BCUT2D eigenvalue weighted by atomic mass is 16.5. The van der Waals surface area contributed by atoms with Gasteiger partial charge in [-0.1, -0.05) is 12.1 Å². The topological polar surface area (TPSA) is 62.5 Å². The van der Waals surface area contributed by atoms with Crippen LogP contribution in [-0.4, -0.2) is 25.4 Å². The van der Waals surface area contributed by atoms with E-state index in [-0.39, 0.29) is 6.61 Å². The van der Waals surface area contributed by atoms with Crippen LogP contribution in [0.25, 0.3) is 0 Å². The number of ether oxygens (including phenoxy) is 2. The van der Waals surface area contributed by atoms with E-state index in [1.165, 1.54) is 0 Å². The van der Waals surface area contributed by atoms with Gasteiger partial charge in [0.25, 0.3) is 0 Å². The lowest BCUT2D eigenvalue weighted by Gasteiger charge is -2.36. The zero-order chi connectivity index (χ0) is 13.2. The largest absolute Gasteiger partial charge is 0.497 e. The van der Waals surface area contributed by atoms with Gasteiger partial charge in [0, 0.05) is 6.61 Å². The molecule has 1 aromatic rings. The molecule has 0 aliphatic carbocycles. The molecule has 0 spiro atoms. The average Bonchev–Trinajstić information content (AvgIpc) is 2.89. The zero-order valence-corrected chi connectivity index (χ0v) is 10.6. The molecular weight excluding hydrogens is 230 g/mol. The number of methoxy groups -OCH3 is 1. The van der Waals surface area contributed by atoms with Gasteiger partial charge in [0.05, 0.1) is 19.8 Å². The van der Waals surface area contributed by atoms with E-state index < -0.39 is 11.0 Å². The van der Waals surface area contributed by atoms with E-state index in [4.69, 9.17) is 9.47 Å². The van der Waals surface area contributed by atoms with Crippen molar-refractivity contribution in [3.63, 3.8) is 0 Å². The molecule has 96 valence electrons. The molecule has 18 heavy (non-hydrogen) atoms. The Morgan fingerprint density at radius 3 is 2.89 bits per heavy atom. The molecule has 2 rings (SSSR count). The molecule has 1 aliphatic heterocycles. The first-order valence-electron chi connectivity index (χ1n) is 5.92. The molecule has 1 aromatic carbocycles. The van der Waals surface area contributed by atoms with Crippen molar-refractivity contribution >= 4 is 0 Å². The second-order valence-electron chi connectivity index (χ2n) is 4.80. The van der Waals surface area contributed by atoms with Gasteiger partial charge in [-0.25, -0.2) is 0 Å². The number of nitrogens with zero attached hydrogens (tertiary/aromatic N) is 1. The number of hydrogen-bond donors (Lipinski definition) is 1. The second-order valence-corrected chi connectivity index (χ2v) is 4.80. The monoisotopic (exact) mass is 247 g/mol. The van der Waals surface area contributed by atoms with Gasteiger partial charge in [0.15, 0.2) is 0 Å². The predicted octanol–water partition coefficient (Wildman–Crippen LogP) is 1.83. The molecule has 1 aliphatic rings. The van der Waals surface area contributed by atoms with Crippen LogP contribution in [0.1, 0.15) is 18.9 Å². The van der Waals surface area contributed by atoms with Gasteiger partial charge in [-0.2, -0.15) is 5.26 Å². The third kappa shape index (κ3) is 1.86. The summed E-state index contributed by atoms with van der Waals surface area (Å²) < 4.78 is 10.5. The summed E-state index contributed by atoms with van der Waals surface area (Å²) in [6.07, 6.45) is 0.535. The van der Waals surface area contributed by atoms with Crippen LogP contribution in [0.3, 0.4) is 0 Å². The van der Waals surface area contributed by atoms with E-state index in [9.17, 15) is 10.4 Å². The van der Waals surface area contributed by atoms with E-state index in [0.29, 0.717) is 24.3 Å². The highest BCUT2D eigenvalue weighted by Crippen LogP contribution is 2.45. The summed E-state index contributed by atoms with van der Waals surface area (Å²) in [5.74, 6) is 0.666. The van der Waals surface area contributed by atoms with Gasteiger partial charge in [-0.3, -0.25) is 0 Å². The van der Waals surface area contributed by atoms with E-state index in [2.05, 4.69) is 6.07 Å². The van der Waals surface area contributed by atoms with Crippen LogP contribution in [0.5, 0.6) is 5.75 Å². The molecular formula is C14H17NO3. The average molecular weight is 247 g/mol. The van der Waals surface area contributed by atoms with Crippen LogP contribution in [0, 0.1) is 16.7 Å². The molecule has 4 nitrogen and oxygen atoms in total. The molecule has 1 N–H and O–H groups in total. The van der Waals surface area contributed by atoms with Gasteiger partial charge in [-0.15, -0.1) is 0 Å². The van der Waals surface area contributed by atoms with Crippen molar-refractivity contribution in [3.05, 3.63) is 29.8 Å². The van der Waals surface area contributed by atoms with Crippen LogP contribution in [0.4, 0.5) is 0 Å². The lowest BCUT2D eigenvalue weighted by molar-refractivity contribution is -0.0482. The van der Waals surface area contributed by atoms with Gasteiger partial charge in [-0.05, 0) is 31.0 Å². The lowest BCUT2D eigenvalue weighted by atomic mass is 9.70. The molecule has 0 bridgehead atoms. The second kappa shape index (κ2) is 4.60. The summed E-state index contributed by atoms with van der Waals surface area (Å²) in [5.41, 5.74) is -1.47. The fourth-order valence-corrected chi connectivity index (χ4v) is 2.35. The SMILES string of the molecule is COc1cccc(C(C)(O)C2(C#N)CCOC2)c1. The van der Waals surface area contributed by atoms with Crippen LogP contribution < -0.4 is 4.74 Å². The van der Waals surface area contributed by atoms with Crippen molar-refractivity contribution < 1.29 is 14.6 Å². The molecule has 2 unspecified atom stereocenters. The van der Waals surface area contributed by atoms with Crippen molar-refractivity contribution in [1.29, 1.82) is 5.26 Å². The third-order valence-corrected chi connectivity index (χ3v) is 3.80. The highest BCUT2D eigenvalue weighted by molar-refractivity contribution is 5.35. The summed E-state index contributed by atoms with van der Waals surface area (Å²) >= 11 is 0. The normalized spacial score (nSPS) is 26.3. The number of benzene rings is 1. The summed E-state index contributed by atoms with van der Waals surface area (Å²) in [4.78, 5) is 0. The van der Waals surface area contributed by atoms with Crippen LogP contribution in [0.2, 0.25) is 0 Å². The first-order valence-corrected chi connectivity index (χ1v) is 5.92. The molecule has 0 radical (unpaired) electrons. The molecule has 2 atom stereocenters. The summed E-state index contributed by atoms with van der Waals surface area (Å²) in [7, 11) is 1.58. The molecule has 1 heterocycles.